The van der Waals surface area contributed by atoms with Gasteiger partial charge in [-0.3, -0.25) is 0 Å². The van der Waals surface area contributed by atoms with Gasteiger partial charge < -0.3 is 14.5 Å². The number of carbonyl (C=O) groups is 1. The van der Waals surface area contributed by atoms with Crippen LogP contribution in [0.1, 0.15) is 23.0 Å². The van der Waals surface area contributed by atoms with Crippen molar-refractivity contribution in [2.45, 2.75) is 13.5 Å². The van der Waals surface area contributed by atoms with Gasteiger partial charge in [-0.1, -0.05) is 18.2 Å². The fourth-order valence-corrected chi connectivity index (χ4v) is 1.61. The maximum absolute atomic E-state index is 11.6. The van der Waals surface area contributed by atoms with Gasteiger partial charge in [-0.2, -0.15) is 0 Å². The summed E-state index contributed by atoms with van der Waals surface area (Å²) in [5.74, 6) is 0.230. The van der Waals surface area contributed by atoms with Crippen molar-refractivity contribution in [2.24, 2.45) is 0 Å². The summed E-state index contributed by atoms with van der Waals surface area (Å²) in [6.45, 7) is 2.58. The topological polar surface area (TPSA) is 51.5 Å². The van der Waals surface area contributed by atoms with Gasteiger partial charge in [-0.25, -0.2) is 4.79 Å². The van der Waals surface area contributed by atoms with Crippen molar-refractivity contribution in [3.8, 4) is 0 Å². The van der Waals surface area contributed by atoms with Gasteiger partial charge in [0.25, 0.3) is 0 Å². The highest BCUT2D eigenvalue weighted by Crippen LogP contribution is 2.14. The Kier molecular flexibility index (Phi) is 4.02. The highest BCUT2D eigenvalue weighted by molar-refractivity contribution is 5.90. The van der Waals surface area contributed by atoms with Crippen molar-refractivity contribution in [3.63, 3.8) is 0 Å². The number of furan rings is 1. The molecule has 0 fully saturated rings. The Labute approximate surface area is 106 Å². The van der Waals surface area contributed by atoms with Crippen LogP contribution in [-0.4, -0.2) is 12.6 Å². The zero-order valence-corrected chi connectivity index (χ0v) is 10.2. The number of hydrogen-bond acceptors (Lipinski definition) is 4. The number of carbonyl (C=O) groups excluding carboxylic acids is 1. The van der Waals surface area contributed by atoms with Crippen molar-refractivity contribution in [2.75, 3.05) is 11.9 Å². The maximum atomic E-state index is 11.6. The normalized spacial score (nSPS) is 10.1. The predicted molar refractivity (Wildman–Crippen MR) is 68.4 cm³/mol. The highest BCUT2D eigenvalue weighted by Gasteiger charge is 2.15. The molecule has 0 saturated heterocycles. The molecule has 0 aliphatic rings. The molecular weight excluding hydrogens is 230 g/mol. The molecule has 18 heavy (non-hydrogen) atoms. The molecule has 0 radical (unpaired) electrons. The number of hydrogen-bond donors (Lipinski definition) is 1. The summed E-state index contributed by atoms with van der Waals surface area (Å²) in [4.78, 5) is 11.6. The van der Waals surface area contributed by atoms with Crippen LogP contribution in [0.5, 0.6) is 0 Å². The Morgan fingerprint density at radius 2 is 2.06 bits per heavy atom. The van der Waals surface area contributed by atoms with Crippen LogP contribution < -0.4 is 5.32 Å². The molecule has 2 rings (SSSR count). The van der Waals surface area contributed by atoms with Gasteiger partial charge in [0.1, 0.15) is 11.3 Å². The number of benzene rings is 1. The molecule has 0 spiro atoms. The van der Waals surface area contributed by atoms with Gasteiger partial charge in [0.15, 0.2) is 0 Å². The van der Waals surface area contributed by atoms with Gasteiger partial charge in [0, 0.05) is 5.69 Å². The first-order valence-corrected chi connectivity index (χ1v) is 5.83. The van der Waals surface area contributed by atoms with E-state index in [1.807, 2.05) is 30.3 Å². The number of anilines is 1. The molecule has 0 atom stereocenters. The molecule has 0 bridgehead atoms. The summed E-state index contributed by atoms with van der Waals surface area (Å²) in [6, 6.07) is 11.4. The van der Waals surface area contributed by atoms with E-state index < -0.39 is 0 Å². The third kappa shape index (κ3) is 2.91. The lowest BCUT2D eigenvalue weighted by Crippen LogP contribution is -2.08. The molecule has 1 aromatic carbocycles. The highest BCUT2D eigenvalue weighted by atomic mass is 16.5. The summed E-state index contributed by atoms with van der Waals surface area (Å²) in [6.07, 6.45) is 1.49. The molecular formula is C14H15NO3. The zero-order valence-electron chi connectivity index (χ0n) is 10.2. The van der Waals surface area contributed by atoms with E-state index in [2.05, 4.69) is 5.32 Å². The molecule has 4 nitrogen and oxygen atoms in total. The fourth-order valence-electron chi connectivity index (χ4n) is 1.61. The van der Waals surface area contributed by atoms with E-state index in [9.17, 15) is 4.79 Å². The van der Waals surface area contributed by atoms with E-state index in [1.54, 1.807) is 13.0 Å². The van der Waals surface area contributed by atoms with Crippen LogP contribution >= 0.6 is 0 Å². The lowest BCUT2D eigenvalue weighted by molar-refractivity contribution is 0.0524. The van der Waals surface area contributed by atoms with Gasteiger partial charge in [0.05, 0.1) is 19.4 Å². The van der Waals surface area contributed by atoms with E-state index >= 15 is 0 Å². The lowest BCUT2D eigenvalue weighted by atomic mass is 10.2. The van der Waals surface area contributed by atoms with Crippen LogP contribution in [-0.2, 0) is 11.3 Å². The second kappa shape index (κ2) is 5.91. The molecule has 1 aromatic heterocycles. The first-order valence-electron chi connectivity index (χ1n) is 5.83. The van der Waals surface area contributed by atoms with E-state index in [-0.39, 0.29) is 5.97 Å². The van der Waals surface area contributed by atoms with Gasteiger partial charge in [-0.05, 0) is 25.1 Å². The number of para-hydroxylation sites is 1. The molecule has 94 valence electrons. The molecule has 0 saturated carbocycles. The van der Waals surface area contributed by atoms with Crippen molar-refractivity contribution < 1.29 is 13.9 Å². The Hall–Kier alpha value is -2.23. The summed E-state index contributed by atoms with van der Waals surface area (Å²) < 4.78 is 10.2. The Balaban J connectivity index is 2.02. The van der Waals surface area contributed by atoms with Crippen LogP contribution in [0.15, 0.2) is 47.1 Å². The van der Waals surface area contributed by atoms with Crippen LogP contribution in [0, 0.1) is 0 Å². The molecule has 0 aliphatic heterocycles. The summed E-state index contributed by atoms with van der Waals surface area (Å²) in [7, 11) is 0. The maximum Gasteiger partial charge on any atom is 0.341 e. The van der Waals surface area contributed by atoms with Crippen molar-refractivity contribution >= 4 is 11.7 Å². The van der Waals surface area contributed by atoms with E-state index in [1.165, 1.54) is 6.26 Å². The Morgan fingerprint density at radius 3 is 2.78 bits per heavy atom. The van der Waals surface area contributed by atoms with Gasteiger partial charge >= 0.3 is 5.97 Å². The van der Waals surface area contributed by atoms with Crippen molar-refractivity contribution in [3.05, 3.63) is 54.0 Å². The third-order valence-electron chi connectivity index (χ3n) is 2.47. The first kappa shape index (κ1) is 12.2. The minimum atomic E-state index is -0.351. The van der Waals surface area contributed by atoms with Crippen molar-refractivity contribution in [1.82, 2.24) is 0 Å². The molecule has 0 amide bonds. The Bertz CT molecular complexity index is 505. The molecule has 0 unspecified atom stereocenters. The predicted octanol–water partition coefficient (Wildman–Crippen LogP) is 3.07. The van der Waals surface area contributed by atoms with Crippen LogP contribution in [0.25, 0.3) is 0 Å². The smallest absolute Gasteiger partial charge is 0.341 e. The molecule has 4 heteroatoms. The summed E-state index contributed by atoms with van der Waals surface area (Å²) in [5, 5.41) is 3.18. The van der Waals surface area contributed by atoms with Crippen LogP contribution in [0.2, 0.25) is 0 Å². The third-order valence-corrected chi connectivity index (χ3v) is 2.47. The molecule has 0 aliphatic carbocycles. The second-order valence-electron chi connectivity index (χ2n) is 3.70. The van der Waals surface area contributed by atoms with E-state index in [0.717, 1.165) is 5.69 Å². The number of rotatable bonds is 5. The SMILES string of the molecule is CCOC(=O)c1ccoc1CNc1ccccc1. The minimum Gasteiger partial charge on any atom is -0.467 e. The van der Waals surface area contributed by atoms with Crippen LogP contribution in [0.4, 0.5) is 5.69 Å². The molecule has 1 N–H and O–H groups in total. The van der Waals surface area contributed by atoms with Gasteiger partial charge in [0.2, 0.25) is 0 Å². The van der Waals surface area contributed by atoms with Gasteiger partial charge in [-0.15, -0.1) is 0 Å². The van der Waals surface area contributed by atoms with Crippen molar-refractivity contribution in [1.29, 1.82) is 0 Å². The van der Waals surface area contributed by atoms with Crippen LogP contribution in [0.3, 0.4) is 0 Å². The number of nitrogens with one attached hydrogen (secondary N) is 1. The standard InChI is InChI=1S/C14H15NO3/c1-2-17-14(16)12-8-9-18-13(12)10-15-11-6-4-3-5-7-11/h3-9,15H,2,10H2,1H3. The second-order valence-corrected chi connectivity index (χ2v) is 3.70. The minimum absolute atomic E-state index is 0.351. The average Bonchev–Trinajstić information content (AvgIpc) is 2.86. The molecule has 2 aromatic rings. The van der Waals surface area contributed by atoms with E-state index in [0.29, 0.717) is 24.5 Å². The Morgan fingerprint density at radius 1 is 1.28 bits per heavy atom. The lowest BCUT2D eigenvalue weighted by Gasteiger charge is -2.06. The summed E-state index contributed by atoms with van der Waals surface area (Å²) >= 11 is 0. The van der Waals surface area contributed by atoms with E-state index in [4.69, 9.17) is 9.15 Å². The fraction of sp³-hybridized carbons (Fsp3) is 0.214. The molecule has 1 heterocycles. The summed E-state index contributed by atoms with van der Waals surface area (Å²) in [5.41, 5.74) is 1.45. The number of esters is 1. The zero-order chi connectivity index (χ0) is 12.8. The first-order chi connectivity index (χ1) is 8.81. The number of ether oxygens (including phenoxy) is 1. The largest absolute Gasteiger partial charge is 0.467 e. The average molecular weight is 245 g/mol. The quantitative estimate of drug-likeness (QED) is 0.822. The monoisotopic (exact) mass is 245 g/mol.